The van der Waals surface area contributed by atoms with Gasteiger partial charge < -0.3 is 14.3 Å². The minimum absolute atomic E-state index is 0.445. The van der Waals surface area contributed by atoms with Crippen LogP contribution < -0.4 is 5.32 Å². The molecule has 1 N–H and O–H groups in total. The largest absolute Gasteiger partial charge is 0.419 e. The number of rotatable bonds is 7. The lowest BCUT2D eigenvalue weighted by molar-refractivity contribution is 0.283. The van der Waals surface area contributed by atoms with Crippen molar-refractivity contribution < 1.29 is 8.94 Å². The second-order valence-electron chi connectivity index (χ2n) is 8.26. The normalized spacial score (nSPS) is 16.5. The van der Waals surface area contributed by atoms with Gasteiger partial charge in [-0.3, -0.25) is 4.90 Å². The maximum absolute atomic E-state index is 6.02. The number of likely N-dealkylation sites (tertiary alicyclic amines) is 1. The highest BCUT2D eigenvalue weighted by Gasteiger charge is 2.26. The fraction of sp³-hybridized carbons (Fsp3) is 0.333. The maximum atomic E-state index is 6.02. The number of pyridine rings is 1. The van der Waals surface area contributed by atoms with Gasteiger partial charge in [-0.05, 0) is 44.9 Å². The monoisotopic (exact) mass is 430 g/mol. The van der Waals surface area contributed by atoms with E-state index in [1.165, 1.54) is 0 Å². The number of aromatic nitrogens is 4. The summed E-state index contributed by atoms with van der Waals surface area (Å²) in [6.07, 6.45) is 1.13. The Bertz CT molecular complexity index is 1190. The molecule has 164 valence electrons. The quantitative estimate of drug-likeness (QED) is 0.463. The zero-order valence-electron chi connectivity index (χ0n) is 18.3. The molecule has 1 saturated heterocycles. The smallest absolute Gasteiger partial charge is 0.253 e. The van der Waals surface area contributed by atoms with Crippen molar-refractivity contribution in [2.24, 2.45) is 5.92 Å². The molecule has 3 aromatic heterocycles. The summed E-state index contributed by atoms with van der Waals surface area (Å²) in [5.41, 5.74) is 3.45. The Morgan fingerprint density at radius 3 is 2.78 bits per heavy atom. The molecule has 1 aliphatic heterocycles. The van der Waals surface area contributed by atoms with Crippen LogP contribution in [0.1, 0.15) is 23.8 Å². The Kier molecular flexibility index (Phi) is 5.68. The molecule has 0 saturated carbocycles. The summed E-state index contributed by atoms with van der Waals surface area (Å²) in [4.78, 5) is 6.87. The Labute approximate surface area is 186 Å². The van der Waals surface area contributed by atoms with E-state index in [0.717, 1.165) is 54.4 Å². The Morgan fingerprint density at radius 2 is 1.94 bits per heavy atom. The van der Waals surface area contributed by atoms with Gasteiger partial charge >= 0.3 is 0 Å². The third kappa shape index (κ3) is 4.40. The van der Waals surface area contributed by atoms with E-state index >= 15 is 0 Å². The van der Waals surface area contributed by atoms with E-state index < -0.39 is 0 Å². The van der Waals surface area contributed by atoms with E-state index in [1.807, 2.05) is 62.4 Å². The number of hydrogen-bond donors (Lipinski definition) is 1. The van der Waals surface area contributed by atoms with E-state index in [1.54, 1.807) is 0 Å². The van der Waals surface area contributed by atoms with Crippen molar-refractivity contribution in [2.75, 3.05) is 25.0 Å². The highest BCUT2D eigenvalue weighted by atomic mass is 16.5. The number of hydrogen-bond acceptors (Lipinski definition) is 8. The van der Waals surface area contributed by atoms with Crippen LogP contribution in [-0.4, -0.2) is 44.9 Å². The van der Waals surface area contributed by atoms with Crippen LogP contribution in [0.3, 0.4) is 0 Å². The van der Waals surface area contributed by atoms with Crippen molar-refractivity contribution in [2.45, 2.75) is 26.8 Å². The summed E-state index contributed by atoms with van der Waals surface area (Å²) in [6, 6.07) is 15.9. The van der Waals surface area contributed by atoms with Gasteiger partial charge in [0.05, 0.1) is 6.54 Å². The Morgan fingerprint density at radius 1 is 1.06 bits per heavy atom. The van der Waals surface area contributed by atoms with Gasteiger partial charge in [-0.15, -0.1) is 10.2 Å². The van der Waals surface area contributed by atoms with Crippen LogP contribution in [0.25, 0.3) is 22.7 Å². The number of anilines is 1. The molecule has 1 atom stereocenters. The van der Waals surface area contributed by atoms with Gasteiger partial charge in [0, 0.05) is 24.3 Å². The molecule has 0 spiro atoms. The van der Waals surface area contributed by atoms with Crippen molar-refractivity contribution in [1.82, 2.24) is 25.2 Å². The standard InChI is InChI=1S/C24H26N6O2/c1-16-7-6-10-20(26-16)25-13-18-11-12-30(14-18)15-21-27-28-24(31-21)22-17(2)32-29-23(22)19-8-4-3-5-9-19/h3-10,18H,11-15H2,1-2H3,(H,25,26). The van der Waals surface area contributed by atoms with Crippen LogP contribution in [0, 0.1) is 19.8 Å². The first-order chi connectivity index (χ1) is 15.7. The van der Waals surface area contributed by atoms with Crippen LogP contribution in [0.5, 0.6) is 0 Å². The molecule has 1 aromatic carbocycles. The molecular weight excluding hydrogens is 404 g/mol. The van der Waals surface area contributed by atoms with E-state index in [4.69, 9.17) is 8.94 Å². The Balaban J connectivity index is 1.22. The molecule has 0 radical (unpaired) electrons. The fourth-order valence-electron chi connectivity index (χ4n) is 4.14. The molecule has 0 amide bonds. The first-order valence-electron chi connectivity index (χ1n) is 10.9. The van der Waals surface area contributed by atoms with Crippen molar-refractivity contribution in [3.8, 4) is 22.7 Å². The van der Waals surface area contributed by atoms with Gasteiger partial charge in [-0.25, -0.2) is 4.98 Å². The molecule has 5 rings (SSSR count). The van der Waals surface area contributed by atoms with Gasteiger partial charge in [0.15, 0.2) is 0 Å². The van der Waals surface area contributed by atoms with Crippen LogP contribution in [0.2, 0.25) is 0 Å². The third-order valence-electron chi connectivity index (χ3n) is 5.78. The van der Waals surface area contributed by atoms with Crippen LogP contribution in [-0.2, 0) is 6.54 Å². The minimum Gasteiger partial charge on any atom is -0.419 e. The van der Waals surface area contributed by atoms with Crippen LogP contribution >= 0.6 is 0 Å². The first kappa shape index (κ1) is 20.4. The zero-order chi connectivity index (χ0) is 21.9. The molecular formula is C24H26N6O2. The highest BCUT2D eigenvalue weighted by Crippen LogP contribution is 2.33. The summed E-state index contributed by atoms with van der Waals surface area (Å²) >= 11 is 0. The SMILES string of the molecule is Cc1cccc(NCC2CCN(Cc3nnc(-c4c(-c5ccccc5)noc4C)o3)C2)n1. The van der Waals surface area contributed by atoms with E-state index in [2.05, 4.69) is 30.6 Å². The van der Waals surface area contributed by atoms with Crippen LogP contribution in [0.15, 0.2) is 57.5 Å². The molecule has 0 aliphatic carbocycles. The fourth-order valence-corrected chi connectivity index (χ4v) is 4.14. The van der Waals surface area contributed by atoms with E-state index in [9.17, 15) is 0 Å². The molecule has 32 heavy (non-hydrogen) atoms. The second kappa shape index (κ2) is 8.92. The summed E-state index contributed by atoms with van der Waals surface area (Å²) in [7, 11) is 0. The number of aryl methyl sites for hydroxylation is 2. The van der Waals surface area contributed by atoms with Gasteiger partial charge in [0.1, 0.15) is 22.8 Å². The molecule has 8 nitrogen and oxygen atoms in total. The number of nitrogens with zero attached hydrogens (tertiary/aromatic N) is 5. The highest BCUT2D eigenvalue weighted by molar-refractivity contribution is 5.77. The molecule has 1 unspecified atom stereocenters. The van der Waals surface area contributed by atoms with Crippen LogP contribution in [0.4, 0.5) is 5.82 Å². The van der Waals surface area contributed by atoms with Gasteiger partial charge in [-0.1, -0.05) is 41.6 Å². The maximum Gasteiger partial charge on any atom is 0.253 e. The summed E-state index contributed by atoms with van der Waals surface area (Å²) in [5, 5.41) is 16.2. The minimum atomic E-state index is 0.445. The summed E-state index contributed by atoms with van der Waals surface area (Å²) in [5.74, 6) is 3.21. The Hall–Kier alpha value is -3.52. The van der Waals surface area contributed by atoms with E-state index in [0.29, 0.717) is 30.0 Å². The number of benzene rings is 1. The molecule has 0 bridgehead atoms. The predicted molar refractivity (Wildman–Crippen MR) is 121 cm³/mol. The second-order valence-corrected chi connectivity index (χ2v) is 8.26. The lowest BCUT2D eigenvalue weighted by Crippen LogP contribution is -2.23. The van der Waals surface area contributed by atoms with E-state index in [-0.39, 0.29) is 0 Å². The molecule has 8 heteroatoms. The molecule has 1 aliphatic rings. The average Bonchev–Trinajstić information content (AvgIpc) is 3.53. The third-order valence-corrected chi connectivity index (χ3v) is 5.78. The molecule has 4 aromatic rings. The zero-order valence-corrected chi connectivity index (χ0v) is 18.3. The lowest BCUT2D eigenvalue weighted by atomic mass is 10.1. The van der Waals surface area contributed by atoms with Gasteiger partial charge in [0.25, 0.3) is 5.89 Å². The summed E-state index contributed by atoms with van der Waals surface area (Å²) < 4.78 is 11.5. The average molecular weight is 431 g/mol. The van der Waals surface area contributed by atoms with Crippen molar-refractivity contribution >= 4 is 5.82 Å². The predicted octanol–water partition coefficient (Wildman–Crippen LogP) is 4.34. The molecule has 1 fully saturated rings. The topological polar surface area (TPSA) is 93.1 Å². The molecule has 4 heterocycles. The lowest BCUT2D eigenvalue weighted by Gasteiger charge is -2.14. The van der Waals surface area contributed by atoms with Crippen molar-refractivity contribution in [3.63, 3.8) is 0 Å². The summed E-state index contributed by atoms with van der Waals surface area (Å²) in [6.45, 7) is 7.40. The van der Waals surface area contributed by atoms with Crippen molar-refractivity contribution in [1.29, 1.82) is 0 Å². The first-order valence-corrected chi connectivity index (χ1v) is 10.9. The van der Waals surface area contributed by atoms with Crippen molar-refractivity contribution in [3.05, 3.63) is 65.9 Å². The van der Waals surface area contributed by atoms with Gasteiger partial charge in [-0.2, -0.15) is 0 Å². The number of nitrogens with one attached hydrogen (secondary N) is 1. The van der Waals surface area contributed by atoms with Gasteiger partial charge in [0.2, 0.25) is 5.89 Å².